The molecule has 1 saturated heterocycles. The van der Waals surface area contributed by atoms with Crippen LogP contribution in [-0.2, 0) is 11.2 Å². The molecule has 5 nitrogen and oxygen atoms in total. The van der Waals surface area contributed by atoms with Crippen molar-refractivity contribution in [2.24, 2.45) is 5.92 Å². The first-order valence-electron chi connectivity index (χ1n) is 8.41. The van der Waals surface area contributed by atoms with Gasteiger partial charge >= 0.3 is 0 Å². The molecule has 1 aliphatic rings. The van der Waals surface area contributed by atoms with Gasteiger partial charge in [0.25, 0.3) is 0 Å². The average molecular weight is 320 g/mol. The van der Waals surface area contributed by atoms with E-state index in [0.717, 1.165) is 53.5 Å². The number of hydrogen-bond donors (Lipinski definition) is 2. The smallest absolute Gasteiger partial charge is 0.143 e. The SMILES string of the molecule is O=C(Cc1cc2cc(-c3cn[nH]c3)ccc2cn1)[C@H]1CCCNC1. The number of benzene rings is 1. The van der Waals surface area contributed by atoms with Gasteiger partial charge in [-0.1, -0.05) is 12.1 Å². The number of nitrogens with one attached hydrogen (secondary N) is 2. The minimum absolute atomic E-state index is 0.133. The van der Waals surface area contributed by atoms with Gasteiger partial charge in [0.2, 0.25) is 0 Å². The fourth-order valence-corrected chi connectivity index (χ4v) is 3.32. The van der Waals surface area contributed by atoms with Crippen molar-refractivity contribution >= 4 is 16.6 Å². The molecule has 0 bridgehead atoms. The summed E-state index contributed by atoms with van der Waals surface area (Å²) in [6.45, 7) is 1.83. The zero-order chi connectivity index (χ0) is 16.4. The highest BCUT2D eigenvalue weighted by molar-refractivity contribution is 5.88. The number of aromatic amines is 1. The van der Waals surface area contributed by atoms with Crippen LogP contribution in [0.5, 0.6) is 0 Å². The molecule has 5 heteroatoms. The highest BCUT2D eigenvalue weighted by atomic mass is 16.1. The zero-order valence-corrected chi connectivity index (χ0v) is 13.5. The molecule has 1 fully saturated rings. The van der Waals surface area contributed by atoms with E-state index >= 15 is 0 Å². The molecule has 0 aliphatic carbocycles. The van der Waals surface area contributed by atoms with E-state index in [9.17, 15) is 4.79 Å². The number of Topliss-reactive ketones (excluding diaryl/α,β-unsaturated/α-hetero) is 1. The van der Waals surface area contributed by atoms with Crippen molar-refractivity contribution in [3.63, 3.8) is 0 Å². The first-order valence-corrected chi connectivity index (χ1v) is 8.41. The van der Waals surface area contributed by atoms with Gasteiger partial charge in [-0.3, -0.25) is 14.9 Å². The van der Waals surface area contributed by atoms with Gasteiger partial charge in [0.1, 0.15) is 5.78 Å². The van der Waals surface area contributed by atoms with Gasteiger partial charge in [0.15, 0.2) is 0 Å². The molecule has 0 spiro atoms. The van der Waals surface area contributed by atoms with E-state index in [-0.39, 0.29) is 5.92 Å². The summed E-state index contributed by atoms with van der Waals surface area (Å²) in [7, 11) is 0. The van der Waals surface area contributed by atoms with Gasteiger partial charge in [0, 0.05) is 47.9 Å². The first-order chi connectivity index (χ1) is 11.8. The van der Waals surface area contributed by atoms with E-state index in [1.807, 2.05) is 24.7 Å². The Bertz CT molecular complexity index is 851. The second-order valence-electron chi connectivity index (χ2n) is 6.41. The molecule has 122 valence electrons. The van der Waals surface area contributed by atoms with Crippen molar-refractivity contribution < 1.29 is 4.79 Å². The lowest BCUT2D eigenvalue weighted by Crippen LogP contribution is -2.35. The number of rotatable bonds is 4. The van der Waals surface area contributed by atoms with E-state index in [1.54, 1.807) is 0 Å². The van der Waals surface area contributed by atoms with E-state index < -0.39 is 0 Å². The van der Waals surface area contributed by atoms with Crippen molar-refractivity contribution in [3.05, 3.63) is 48.5 Å². The quantitative estimate of drug-likeness (QED) is 0.775. The molecule has 0 radical (unpaired) electrons. The number of pyridine rings is 1. The standard InChI is InChI=1S/C19H20N4O/c24-19(15-2-1-5-20-9-15)8-18-7-16-6-13(17-11-22-23-12-17)3-4-14(16)10-21-18/h3-4,6-7,10-12,15,20H,1-2,5,8-9H2,(H,22,23)/t15-/m0/s1. The highest BCUT2D eigenvalue weighted by Gasteiger charge is 2.21. The van der Waals surface area contributed by atoms with Crippen LogP contribution in [0.3, 0.4) is 0 Å². The lowest BCUT2D eigenvalue weighted by molar-refractivity contribution is -0.122. The third-order valence-electron chi connectivity index (χ3n) is 4.72. The first kappa shape index (κ1) is 15.0. The zero-order valence-electron chi connectivity index (χ0n) is 13.5. The van der Waals surface area contributed by atoms with Gasteiger partial charge in [-0.05, 0) is 42.5 Å². The number of carbonyl (C=O) groups is 1. The fraction of sp³-hybridized carbons (Fsp3) is 0.316. The van der Waals surface area contributed by atoms with Crippen LogP contribution in [0.2, 0.25) is 0 Å². The summed E-state index contributed by atoms with van der Waals surface area (Å²) >= 11 is 0. The second-order valence-corrected chi connectivity index (χ2v) is 6.41. The van der Waals surface area contributed by atoms with Crippen LogP contribution in [0.4, 0.5) is 0 Å². The van der Waals surface area contributed by atoms with Crippen molar-refractivity contribution in [2.75, 3.05) is 13.1 Å². The van der Waals surface area contributed by atoms with Crippen LogP contribution in [0.1, 0.15) is 18.5 Å². The lowest BCUT2D eigenvalue weighted by atomic mass is 9.92. The Kier molecular flexibility index (Phi) is 4.09. The number of fused-ring (bicyclic) bond motifs is 1. The van der Waals surface area contributed by atoms with Crippen molar-refractivity contribution in [1.82, 2.24) is 20.5 Å². The van der Waals surface area contributed by atoms with Crippen molar-refractivity contribution in [2.45, 2.75) is 19.3 Å². The molecular formula is C19H20N4O. The minimum Gasteiger partial charge on any atom is -0.316 e. The van der Waals surface area contributed by atoms with E-state index in [2.05, 4.69) is 38.7 Å². The predicted molar refractivity (Wildman–Crippen MR) is 93.6 cm³/mol. The molecule has 0 saturated carbocycles. The molecule has 0 unspecified atom stereocenters. The largest absolute Gasteiger partial charge is 0.316 e. The van der Waals surface area contributed by atoms with Crippen LogP contribution in [0.25, 0.3) is 21.9 Å². The molecule has 1 aromatic carbocycles. The second kappa shape index (κ2) is 6.53. The van der Waals surface area contributed by atoms with Crippen molar-refractivity contribution in [3.8, 4) is 11.1 Å². The van der Waals surface area contributed by atoms with Gasteiger partial charge in [-0.15, -0.1) is 0 Å². The van der Waals surface area contributed by atoms with E-state index in [0.29, 0.717) is 12.2 Å². The predicted octanol–water partition coefficient (Wildman–Crippen LogP) is 2.74. The summed E-state index contributed by atoms with van der Waals surface area (Å²) in [5.74, 6) is 0.425. The Labute approximate surface area is 140 Å². The summed E-state index contributed by atoms with van der Waals surface area (Å²) in [5.41, 5.74) is 3.01. The maximum absolute atomic E-state index is 12.5. The van der Waals surface area contributed by atoms with Crippen LogP contribution < -0.4 is 5.32 Å². The van der Waals surface area contributed by atoms with Gasteiger partial charge in [-0.2, -0.15) is 5.10 Å². The monoisotopic (exact) mass is 320 g/mol. The molecule has 2 aromatic heterocycles. The number of piperidine rings is 1. The summed E-state index contributed by atoms with van der Waals surface area (Å²) in [6, 6.07) is 8.28. The number of hydrogen-bond acceptors (Lipinski definition) is 4. The normalized spacial score (nSPS) is 17.9. The molecule has 24 heavy (non-hydrogen) atoms. The van der Waals surface area contributed by atoms with Gasteiger partial charge in [0.05, 0.1) is 6.20 Å². The molecular weight excluding hydrogens is 300 g/mol. The number of ketones is 1. The average Bonchev–Trinajstić information content (AvgIpc) is 3.16. The van der Waals surface area contributed by atoms with E-state index in [1.165, 1.54) is 0 Å². The summed E-state index contributed by atoms with van der Waals surface area (Å²) in [5, 5.41) is 12.3. The van der Waals surface area contributed by atoms with Crippen molar-refractivity contribution in [1.29, 1.82) is 0 Å². The van der Waals surface area contributed by atoms with Crippen LogP contribution in [-0.4, -0.2) is 34.1 Å². The molecule has 2 N–H and O–H groups in total. The topological polar surface area (TPSA) is 70.7 Å². The summed E-state index contributed by atoms with van der Waals surface area (Å²) in [4.78, 5) is 16.9. The molecule has 3 heterocycles. The maximum atomic E-state index is 12.5. The van der Waals surface area contributed by atoms with Crippen LogP contribution in [0, 0.1) is 5.92 Å². The molecule has 1 aliphatic heterocycles. The van der Waals surface area contributed by atoms with Crippen LogP contribution in [0.15, 0.2) is 42.9 Å². The van der Waals surface area contributed by atoms with Gasteiger partial charge < -0.3 is 5.32 Å². The Morgan fingerprint density at radius 2 is 2.12 bits per heavy atom. The molecule has 4 rings (SSSR count). The fourth-order valence-electron chi connectivity index (χ4n) is 3.32. The number of aromatic nitrogens is 3. The Morgan fingerprint density at radius 1 is 1.17 bits per heavy atom. The van der Waals surface area contributed by atoms with Crippen LogP contribution >= 0.6 is 0 Å². The van der Waals surface area contributed by atoms with E-state index in [4.69, 9.17) is 0 Å². The summed E-state index contributed by atoms with van der Waals surface area (Å²) in [6.07, 6.45) is 8.03. The van der Waals surface area contributed by atoms with Gasteiger partial charge in [-0.25, -0.2) is 0 Å². The number of H-pyrrole nitrogens is 1. The highest BCUT2D eigenvalue weighted by Crippen LogP contribution is 2.24. The third-order valence-corrected chi connectivity index (χ3v) is 4.72. The Morgan fingerprint density at radius 3 is 2.92 bits per heavy atom. The Balaban J connectivity index is 1.58. The molecule has 3 aromatic rings. The summed E-state index contributed by atoms with van der Waals surface area (Å²) < 4.78 is 0. The number of nitrogens with zero attached hydrogens (tertiary/aromatic N) is 2. The molecule has 1 atom stereocenters. The minimum atomic E-state index is 0.133. The lowest BCUT2D eigenvalue weighted by Gasteiger charge is -2.21. The third kappa shape index (κ3) is 3.08. The maximum Gasteiger partial charge on any atom is 0.143 e. The number of carbonyl (C=O) groups excluding carboxylic acids is 1. The molecule has 0 amide bonds. The Hall–Kier alpha value is -2.53.